The molecule has 2 aromatic heterocycles. The third-order valence-corrected chi connectivity index (χ3v) is 4.77. The van der Waals surface area contributed by atoms with Gasteiger partial charge in [0.2, 0.25) is 5.88 Å². The third kappa shape index (κ3) is 4.65. The summed E-state index contributed by atoms with van der Waals surface area (Å²) >= 11 is 0. The number of aromatic hydroxyl groups is 1. The molecule has 31 heavy (non-hydrogen) atoms. The fourth-order valence-corrected chi connectivity index (χ4v) is 3.09. The second-order valence-corrected chi connectivity index (χ2v) is 6.80. The number of carbonyl (C=O) groups excluding carboxylic acids is 1. The molecule has 160 valence electrons. The van der Waals surface area contributed by atoms with Gasteiger partial charge in [0.15, 0.2) is 5.82 Å². The maximum atomic E-state index is 12.5. The smallest absolute Gasteiger partial charge is 0.255 e. The van der Waals surface area contributed by atoms with Crippen molar-refractivity contribution in [2.24, 2.45) is 0 Å². The summed E-state index contributed by atoms with van der Waals surface area (Å²) in [6.07, 6.45) is 3.68. The number of aromatic nitrogens is 3. The van der Waals surface area contributed by atoms with E-state index in [1.54, 1.807) is 49.4 Å². The number of rotatable bonds is 8. The molecule has 0 atom stereocenters. The fraction of sp³-hybridized carbons (Fsp3) is 0.273. The van der Waals surface area contributed by atoms with Crippen LogP contribution < -0.4 is 4.74 Å². The number of hydrogen-bond donors (Lipinski definition) is 1. The second-order valence-electron chi connectivity index (χ2n) is 6.80. The molecule has 1 aromatic carbocycles. The van der Waals surface area contributed by atoms with Crippen molar-refractivity contribution in [2.45, 2.75) is 6.42 Å². The van der Waals surface area contributed by atoms with Crippen molar-refractivity contribution in [2.75, 3.05) is 34.4 Å². The topological polar surface area (TPSA) is 114 Å². The molecule has 9 heteroatoms. The van der Waals surface area contributed by atoms with E-state index in [-0.39, 0.29) is 11.8 Å². The summed E-state index contributed by atoms with van der Waals surface area (Å²) in [7, 11) is 4.84. The Hall–Kier alpha value is -3.90. The molecule has 3 aromatic rings. The van der Waals surface area contributed by atoms with E-state index >= 15 is 0 Å². The summed E-state index contributed by atoms with van der Waals surface area (Å²) in [6, 6.07) is 10.2. The maximum absolute atomic E-state index is 12.5. The van der Waals surface area contributed by atoms with E-state index < -0.39 is 0 Å². The first-order valence-electron chi connectivity index (χ1n) is 9.56. The minimum absolute atomic E-state index is 0.133. The predicted molar refractivity (Wildman–Crippen MR) is 113 cm³/mol. The van der Waals surface area contributed by atoms with Crippen LogP contribution in [0.1, 0.15) is 22.3 Å². The highest BCUT2D eigenvalue weighted by Gasteiger charge is 2.18. The minimum Gasteiger partial charge on any atom is -0.496 e. The van der Waals surface area contributed by atoms with E-state index in [0.717, 1.165) is 6.42 Å². The van der Waals surface area contributed by atoms with Crippen LogP contribution in [0.4, 0.5) is 0 Å². The molecule has 9 nitrogen and oxygen atoms in total. The van der Waals surface area contributed by atoms with Crippen LogP contribution >= 0.6 is 0 Å². The Kier molecular flexibility index (Phi) is 6.85. The Morgan fingerprint density at radius 2 is 2.03 bits per heavy atom. The van der Waals surface area contributed by atoms with Crippen molar-refractivity contribution in [1.29, 1.82) is 5.26 Å². The molecular weight excluding hydrogens is 398 g/mol. The molecule has 0 aliphatic rings. The minimum atomic E-state index is -0.150. The van der Waals surface area contributed by atoms with Gasteiger partial charge in [-0.25, -0.2) is 4.98 Å². The van der Waals surface area contributed by atoms with E-state index in [2.05, 4.69) is 16.2 Å². The van der Waals surface area contributed by atoms with Gasteiger partial charge in [-0.05, 0) is 36.8 Å². The third-order valence-electron chi connectivity index (χ3n) is 4.77. The summed E-state index contributed by atoms with van der Waals surface area (Å²) in [5.74, 6) is 0.517. The molecule has 1 N–H and O–H groups in total. The number of nitrogens with zero attached hydrogens (tertiary/aromatic N) is 5. The van der Waals surface area contributed by atoms with Crippen molar-refractivity contribution >= 4 is 5.91 Å². The molecule has 0 radical (unpaired) electrons. The van der Waals surface area contributed by atoms with E-state index in [1.165, 1.54) is 24.2 Å². The number of carbonyl (C=O) groups is 1. The molecule has 3 rings (SSSR count). The van der Waals surface area contributed by atoms with Gasteiger partial charge >= 0.3 is 0 Å². The van der Waals surface area contributed by atoms with Gasteiger partial charge in [-0.3, -0.25) is 4.79 Å². The Balaban J connectivity index is 1.83. The fourth-order valence-electron chi connectivity index (χ4n) is 3.09. The lowest BCUT2D eigenvalue weighted by Gasteiger charge is -2.16. The van der Waals surface area contributed by atoms with Crippen LogP contribution in [0.15, 0.2) is 42.7 Å². The maximum Gasteiger partial charge on any atom is 0.255 e. The van der Waals surface area contributed by atoms with Crippen LogP contribution in [0.3, 0.4) is 0 Å². The van der Waals surface area contributed by atoms with Gasteiger partial charge in [-0.15, -0.1) is 0 Å². The van der Waals surface area contributed by atoms with E-state index in [0.29, 0.717) is 47.0 Å². The van der Waals surface area contributed by atoms with Crippen LogP contribution in [-0.2, 0) is 4.74 Å². The highest BCUT2D eigenvalue weighted by molar-refractivity contribution is 5.93. The zero-order valence-electron chi connectivity index (χ0n) is 17.6. The van der Waals surface area contributed by atoms with Gasteiger partial charge in [0.25, 0.3) is 5.91 Å². The molecule has 0 aliphatic carbocycles. The van der Waals surface area contributed by atoms with Crippen LogP contribution in [0.25, 0.3) is 16.9 Å². The summed E-state index contributed by atoms with van der Waals surface area (Å²) in [6.45, 7) is 1.16. The summed E-state index contributed by atoms with van der Waals surface area (Å²) < 4.78 is 11.6. The van der Waals surface area contributed by atoms with Gasteiger partial charge in [-0.2, -0.15) is 15.0 Å². The molecule has 0 bridgehead atoms. The zero-order chi connectivity index (χ0) is 22.4. The van der Waals surface area contributed by atoms with Gasteiger partial charge < -0.3 is 19.5 Å². The predicted octanol–water partition coefficient (Wildman–Crippen LogP) is 2.63. The quantitative estimate of drug-likeness (QED) is 0.556. The van der Waals surface area contributed by atoms with Crippen molar-refractivity contribution in [3.8, 4) is 34.6 Å². The summed E-state index contributed by atoms with van der Waals surface area (Å²) in [5.41, 5.74) is 1.90. The zero-order valence-corrected chi connectivity index (χ0v) is 17.6. The van der Waals surface area contributed by atoms with Gasteiger partial charge in [0.05, 0.1) is 36.1 Å². The van der Waals surface area contributed by atoms with Crippen LogP contribution in [0, 0.1) is 11.3 Å². The molecule has 0 aliphatic heterocycles. The van der Waals surface area contributed by atoms with Crippen LogP contribution in [-0.4, -0.2) is 65.1 Å². The number of ether oxygens (including phenoxy) is 2. The Morgan fingerprint density at radius 1 is 1.23 bits per heavy atom. The molecule has 2 heterocycles. The number of methoxy groups -OCH3 is 2. The molecule has 0 saturated heterocycles. The first-order chi connectivity index (χ1) is 15.0. The average Bonchev–Trinajstić information content (AvgIpc) is 3.19. The average molecular weight is 421 g/mol. The number of benzene rings is 1. The highest BCUT2D eigenvalue weighted by Crippen LogP contribution is 2.37. The van der Waals surface area contributed by atoms with Crippen molar-refractivity contribution in [3.63, 3.8) is 0 Å². The largest absolute Gasteiger partial charge is 0.496 e. The Bertz CT molecular complexity index is 1100. The van der Waals surface area contributed by atoms with Gasteiger partial charge in [0, 0.05) is 39.1 Å². The molecule has 0 saturated carbocycles. The number of pyridine rings is 1. The lowest BCUT2D eigenvalue weighted by atomic mass is 10.1. The van der Waals surface area contributed by atoms with E-state index in [4.69, 9.17) is 14.7 Å². The lowest BCUT2D eigenvalue weighted by Crippen LogP contribution is -2.28. The van der Waals surface area contributed by atoms with E-state index in [9.17, 15) is 9.90 Å². The first-order valence-corrected chi connectivity index (χ1v) is 9.56. The normalized spacial score (nSPS) is 10.5. The molecule has 1 amide bonds. The summed E-state index contributed by atoms with van der Waals surface area (Å²) in [4.78, 5) is 18.4. The SMILES string of the molecule is COCCCN(C)C(=O)c1ccc(-n2ncc(-c3ccc(C#N)cc3OC)c2O)nc1. The first kappa shape index (κ1) is 21.8. The number of nitriles is 1. The molecule has 0 fully saturated rings. The van der Waals surface area contributed by atoms with Crippen LogP contribution in [0.5, 0.6) is 11.6 Å². The van der Waals surface area contributed by atoms with E-state index in [1.807, 2.05) is 0 Å². The van der Waals surface area contributed by atoms with Gasteiger partial charge in [-0.1, -0.05) is 0 Å². The summed E-state index contributed by atoms with van der Waals surface area (Å²) in [5, 5.41) is 24.0. The van der Waals surface area contributed by atoms with Crippen LogP contribution in [0.2, 0.25) is 0 Å². The molecular formula is C22H23N5O4. The second kappa shape index (κ2) is 9.73. The Labute approximate surface area is 180 Å². The number of amides is 1. The lowest BCUT2D eigenvalue weighted by molar-refractivity contribution is 0.0779. The number of hydrogen-bond acceptors (Lipinski definition) is 7. The van der Waals surface area contributed by atoms with Crippen molar-refractivity contribution in [1.82, 2.24) is 19.7 Å². The monoisotopic (exact) mass is 421 g/mol. The Morgan fingerprint density at radius 3 is 2.68 bits per heavy atom. The standard InChI is InChI=1S/C22H23N5O4/c1-26(9-4-10-30-2)21(28)16-6-8-20(24-13-16)27-22(29)18(14-25-27)17-7-5-15(12-23)11-19(17)31-3/h5-8,11,13-14,29H,4,9-10H2,1-3H3. The highest BCUT2D eigenvalue weighted by atomic mass is 16.5. The molecule has 0 spiro atoms. The van der Waals surface area contributed by atoms with Crippen molar-refractivity contribution in [3.05, 3.63) is 53.9 Å². The van der Waals surface area contributed by atoms with Gasteiger partial charge in [0.1, 0.15) is 5.75 Å². The van der Waals surface area contributed by atoms with Crippen molar-refractivity contribution < 1.29 is 19.4 Å². The molecule has 0 unspecified atom stereocenters.